The molecule has 1 saturated heterocycles. The van der Waals surface area contributed by atoms with Crippen LogP contribution in [0, 0.1) is 5.92 Å². The second-order valence-electron chi connectivity index (χ2n) is 2.99. The molecule has 64 valence electrons. The molecule has 0 saturated carbocycles. The van der Waals surface area contributed by atoms with Gasteiger partial charge in [-0.2, -0.15) is 0 Å². The molecule has 0 aromatic carbocycles. The van der Waals surface area contributed by atoms with Gasteiger partial charge in [0.05, 0.1) is 12.5 Å². The van der Waals surface area contributed by atoms with Crippen LogP contribution in [0.3, 0.4) is 0 Å². The zero-order valence-corrected chi connectivity index (χ0v) is 7.09. The highest BCUT2D eigenvalue weighted by molar-refractivity contribution is 5.73. The van der Waals surface area contributed by atoms with Crippen LogP contribution >= 0.6 is 0 Å². The second kappa shape index (κ2) is 3.72. The van der Waals surface area contributed by atoms with Gasteiger partial charge in [0.2, 0.25) is 0 Å². The molecule has 1 fully saturated rings. The molecule has 2 atom stereocenters. The zero-order valence-electron chi connectivity index (χ0n) is 7.09. The molecule has 1 rings (SSSR count). The van der Waals surface area contributed by atoms with E-state index in [0.29, 0.717) is 12.6 Å². The Labute approximate surface area is 67.1 Å². The highest BCUT2D eigenvalue weighted by atomic mass is 16.5. The molecule has 1 heterocycles. The van der Waals surface area contributed by atoms with Crippen LogP contribution in [-0.4, -0.2) is 25.2 Å². The van der Waals surface area contributed by atoms with Crippen LogP contribution in [-0.2, 0) is 9.53 Å². The standard InChI is InChI=1S/C8H15NO2/c1-3-11-8(10)7-4-6(2)9-5-7/h6-7,9H,3-5H2,1-2H3. The summed E-state index contributed by atoms with van der Waals surface area (Å²) in [4.78, 5) is 11.1. The Morgan fingerprint density at radius 1 is 1.73 bits per heavy atom. The van der Waals surface area contributed by atoms with Gasteiger partial charge in [-0.05, 0) is 20.3 Å². The van der Waals surface area contributed by atoms with Crippen molar-refractivity contribution in [3.63, 3.8) is 0 Å². The number of hydrogen-bond acceptors (Lipinski definition) is 3. The molecule has 3 nitrogen and oxygen atoms in total. The first-order valence-corrected chi connectivity index (χ1v) is 4.14. The van der Waals surface area contributed by atoms with Crippen LogP contribution in [0.1, 0.15) is 20.3 Å². The fraction of sp³-hybridized carbons (Fsp3) is 0.875. The van der Waals surface area contributed by atoms with E-state index in [4.69, 9.17) is 4.74 Å². The van der Waals surface area contributed by atoms with E-state index in [-0.39, 0.29) is 11.9 Å². The van der Waals surface area contributed by atoms with Gasteiger partial charge in [-0.1, -0.05) is 0 Å². The zero-order chi connectivity index (χ0) is 8.27. The monoisotopic (exact) mass is 157 g/mol. The van der Waals surface area contributed by atoms with Crippen LogP contribution in [0.25, 0.3) is 0 Å². The predicted octanol–water partition coefficient (Wildman–Crippen LogP) is 0.547. The first-order valence-electron chi connectivity index (χ1n) is 4.14. The van der Waals surface area contributed by atoms with Crippen LogP contribution in [0.5, 0.6) is 0 Å². The van der Waals surface area contributed by atoms with E-state index >= 15 is 0 Å². The average molecular weight is 157 g/mol. The van der Waals surface area contributed by atoms with Gasteiger partial charge < -0.3 is 10.1 Å². The van der Waals surface area contributed by atoms with E-state index < -0.39 is 0 Å². The van der Waals surface area contributed by atoms with Gasteiger partial charge in [-0.3, -0.25) is 4.79 Å². The number of ether oxygens (including phenoxy) is 1. The van der Waals surface area contributed by atoms with Crippen molar-refractivity contribution in [3.8, 4) is 0 Å². The number of esters is 1. The molecule has 1 aliphatic heterocycles. The molecule has 0 aromatic heterocycles. The summed E-state index contributed by atoms with van der Waals surface area (Å²) >= 11 is 0. The molecule has 1 N–H and O–H groups in total. The Kier molecular flexibility index (Phi) is 2.88. The van der Waals surface area contributed by atoms with Gasteiger partial charge in [0.25, 0.3) is 0 Å². The Bertz CT molecular complexity index is 147. The van der Waals surface area contributed by atoms with Crippen LogP contribution in [0.15, 0.2) is 0 Å². The van der Waals surface area contributed by atoms with Crippen molar-refractivity contribution < 1.29 is 9.53 Å². The number of nitrogens with one attached hydrogen (secondary N) is 1. The Morgan fingerprint density at radius 2 is 2.45 bits per heavy atom. The Balaban J connectivity index is 2.31. The minimum absolute atomic E-state index is 0.0515. The minimum Gasteiger partial charge on any atom is -0.466 e. The molecule has 0 spiro atoms. The summed E-state index contributed by atoms with van der Waals surface area (Å²) in [6, 6.07) is 0.462. The Hall–Kier alpha value is -0.570. The third kappa shape index (κ3) is 2.19. The van der Waals surface area contributed by atoms with Crippen molar-refractivity contribution in [2.24, 2.45) is 5.92 Å². The van der Waals surface area contributed by atoms with Crippen molar-refractivity contribution in [1.82, 2.24) is 5.32 Å². The van der Waals surface area contributed by atoms with Gasteiger partial charge in [-0.25, -0.2) is 0 Å². The van der Waals surface area contributed by atoms with Gasteiger partial charge >= 0.3 is 5.97 Å². The van der Waals surface area contributed by atoms with Crippen LogP contribution in [0.2, 0.25) is 0 Å². The maximum Gasteiger partial charge on any atom is 0.310 e. The molecule has 2 unspecified atom stereocenters. The van der Waals surface area contributed by atoms with E-state index in [9.17, 15) is 4.79 Å². The smallest absolute Gasteiger partial charge is 0.310 e. The molecular weight excluding hydrogens is 142 g/mol. The third-order valence-corrected chi connectivity index (χ3v) is 1.97. The summed E-state index contributed by atoms with van der Waals surface area (Å²) in [6.07, 6.45) is 0.916. The highest BCUT2D eigenvalue weighted by Gasteiger charge is 2.27. The molecular formula is C8H15NO2. The first-order chi connectivity index (χ1) is 5.24. The summed E-state index contributed by atoms with van der Waals surface area (Å²) in [5.41, 5.74) is 0. The minimum atomic E-state index is -0.0515. The molecule has 0 radical (unpaired) electrons. The lowest BCUT2D eigenvalue weighted by atomic mass is 10.1. The molecule has 3 heteroatoms. The van der Waals surface area contributed by atoms with E-state index in [1.54, 1.807) is 0 Å². The molecule has 11 heavy (non-hydrogen) atoms. The summed E-state index contributed by atoms with van der Waals surface area (Å²) in [5, 5.41) is 3.21. The normalized spacial score (nSPS) is 30.4. The maximum absolute atomic E-state index is 11.1. The van der Waals surface area contributed by atoms with E-state index in [1.807, 2.05) is 6.92 Å². The number of hydrogen-bond donors (Lipinski definition) is 1. The van der Waals surface area contributed by atoms with Crippen molar-refractivity contribution in [1.29, 1.82) is 0 Å². The highest BCUT2D eigenvalue weighted by Crippen LogP contribution is 2.14. The quantitative estimate of drug-likeness (QED) is 0.595. The third-order valence-electron chi connectivity index (χ3n) is 1.97. The van der Waals surface area contributed by atoms with Crippen molar-refractivity contribution in [2.45, 2.75) is 26.3 Å². The molecule has 0 amide bonds. The summed E-state index contributed by atoms with van der Waals surface area (Å²) < 4.78 is 4.90. The maximum atomic E-state index is 11.1. The lowest BCUT2D eigenvalue weighted by molar-refractivity contribution is -0.147. The number of rotatable bonds is 2. The topological polar surface area (TPSA) is 38.3 Å². The van der Waals surface area contributed by atoms with Crippen molar-refractivity contribution >= 4 is 5.97 Å². The van der Waals surface area contributed by atoms with E-state index in [0.717, 1.165) is 13.0 Å². The van der Waals surface area contributed by atoms with E-state index in [2.05, 4.69) is 12.2 Å². The predicted molar refractivity (Wildman–Crippen MR) is 42.2 cm³/mol. The molecule has 0 aliphatic carbocycles. The average Bonchev–Trinajstić information content (AvgIpc) is 2.36. The fourth-order valence-electron chi connectivity index (χ4n) is 1.38. The first kappa shape index (κ1) is 8.53. The Morgan fingerprint density at radius 3 is 2.91 bits per heavy atom. The van der Waals surface area contributed by atoms with Crippen LogP contribution < -0.4 is 5.32 Å². The lowest BCUT2D eigenvalue weighted by Crippen LogP contribution is -2.20. The molecule has 0 bridgehead atoms. The van der Waals surface area contributed by atoms with E-state index in [1.165, 1.54) is 0 Å². The summed E-state index contributed by atoms with van der Waals surface area (Å²) in [7, 11) is 0. The second-order valence-corrected chi connectivity index (χ2v) is 2.99. The van der Waals surface area contributed by atoms with Gasteiger partial charge in [0, 0.05) is 12.6 Å². The van der Waals surface area contributed by atoms with Crippen molar-refractivity contribution in [3.05, 3.63) is 0 Å². The number of carbonyl (C=O) groups is 1. The summed E-state index contributed by atoms with van der Waals surface area (Å²) in [6.45, 7) is 5.19. The lowest BCUT2D eigenvalue weighted by Gasteiger charge is -2.06. The summed E-state index contributed by atoms with van der Waals surface area (Å²) in [5.74, 6) is 0.0364. The van der Waals surface area contributed by atoms with Gasteiger partial charge in [0.15, 0.2) is 0 Å². The largest absolute Gasteiger partial charge is 0.466 e. The van der Waals surface area contributed by atoms with Crippen molar-refractivity contribution in [2.75, 3.05) is 13.2 Å². The fourth-order valence-corrected chi connectivity index (χ4v) is 1.38. The molecule has 1 aliphatic rings. The van der Waals surface area contributed by atoms with Gasteiger partial charge in [-0.15, -0.1) is 0 Å². The van der Waals surface area contributed by atoms with Gasteiger partial charge in [0.1, 0.15) is 0 Å². The SMILES string of the molecule is CCOC(=O)C1CNC(C)C1. The van der Waals surface area contributed by atoms with Crippen LogP contribution in [0.4, 0.5) is 0 Å². The molecule has 0 aromatic rings. The number of carbonyl (C=O) groups excluding carboxylic acids is 1.